The second-order valence-corrected chi connectivity index (χ2v) is 8.27. The van der Waals surface area contributed by atoms with Gasteiger partial charge in [0.2, 0.25) is 5.91 Å². The zero-order chi connectivity index (χ0) is 20.2. The maximum absolute atomic E-state index is 12.9. The number of hydrogen-bond donors (Lipinski definition) is 0. The van der Waals surface area contributed by atoms with Gasteiger partial charge in [0.25, 0.3) is 0 Å². The normalized spacial score (nSPS) is 16.6. The smallest absolute Gasteiger partial charge is 0.226 e. The molecule has 2 aromatic carbocycles. The number of aryl methyl sites for hydroxylation is 3. The minimum Gasteiger partial charge on any atom is -0.338 e. The third-order valence-electron chi connectivity index (χ3n) is 5.89. The Hall–Kier alpha value is -2.88. The predicted molar refractivity (Wildman–Crippen MR) is 116 cm³/mol. The Kier molecular flexibility index (Phi) is 5.79. The molecule has 4 rings (SSSR count). The Bertz CT molecular complexity index is 974. The van der Waals surface area contributed by atoms with Crippen molar-refractivity contribution >= 4 is 5.91 Å². The van der Waals surface area contributed by atoms with Crippen LogP contribution in [0.25, 0.3) is 0 Å². The molecular weight excluding hydrogens is 358 g/mol. The molecule has 0 saturated carbocycles. The number of nitrogens with zero attached hydrogens (tertiary/aromatic N) is 3. The van der Waals surface area contributed by atoms with Crippen molar-refractivity contribution in [3.05, 3.63) is 89.0 Å². The van der Waals surface area contributed by atoms with Gasteiger partial charge in [-0.15, -0.1) is 0 Å². The van der Waals surface area contributed by atoms with Gasteiger partial charge in [-0.25, -0.2) is 4.98 Å². The number of rotatable bonds is 7. The van der Waals surface area contributed by atoms with Crippen LogP contribution in [0.15, 0.2) is 61.1 Å². The van der Waals surface area contributed by atoms with Crippen molar-refractivity contribution in [3.8, 4) is 0 Å². The second kappa shape index (κ2) is 8.64. The van der Waals surface area contributed by atoms with Crippen molar-refractivity contribution in [1.29, 1.82) is 0 Å². The highest BCUT2D eigenvalue weighted by molar-refractivity contribution is 5.80. The quantitative estimate of drug-likeness (QED) is 0.597. The van der Waals surface area contributed by atoms with Gasteiger partial charge < -0.3 is 9.47 Å². The van der Waals surface area contributed by atoms with Crippen molar-refractivity contribution in [2.45, 2.75) is 46.2 Å². The SMILES string of the molecule is Cc1ccc(Cn2cncc2CC[C@@H]2CCN(Cc3cccc(C)c3)C2=O)cc1. The summed E-state index contributed by atoms with van der Waals surface area (Å²) < 4.78 is 2.20. The van der Waals surface area contributed by atoms with E-state index in [9.17, 15) is 4.79 Å². The molecule has 0 bridgehead atoms. The summed E-state index contributed by atoms with van der Waals surface area (Å²) in [6.45, 7) is 6.61. The molecule has 1 fully saturated rings. The van der Waals surface area contributed by atoms with Crippen LogP contribution in [0.2, 0.25) is 0 Å². The highest BCUT2D eigenvalue weighted by Crippen LogP contribution is 2.25. The highest BCUT2D eigenvalue weighted by Gasteiger charge is 2.31. The molecule has 0 N–H and O–H groups in total. The summed E-state index contributed by atoms with van der Waals surface area (Å²) in [5.41, 5.74) is 6.21. The van der Waals surface area contributed by atoms with Crippen LogP contribution >= 0.6 is 0 Å². The molecule has 1 amide bonds. The first kappa shape index (κ1) is 19.4. The Morgan fingerprint density at radius 3 is 2.62 bits per heavy atom. The first-order chi connectivity index (χ1) is 14.1. The predicted octanol–water partition coefficient (Wildman–Crippen LogP) is 4.53. The number of amides is 1. The molecular formula is C25H29N3O. The summed E-state index contributed by atoms with van der Waals surface area (Å²) in [6, 6.07) is 17.1. The van der Waals surface area contributed by atoms with E-state index >= 15 is 0 Å². The zero-order valence-electron chi connectivity index (χ0n) is 17.3. The lowest BCUT2D eigenvalue weighted by Gasteiger charge is -2.17. The lowest BCUT2D eigenvalue weighted by molar-refractivity contribution is -0.131. The zero-order valence-corrected chi connectivity index (χ0v) is 17.3. The second-order valence-electron chi connectivity index (χ2n) is 8.27. The van der Waals surface area contributed by atoms with Gasteiger partial charge in [-0.2, -0.15) is 0 Å². The molecule has 29 heavy (non-hydrogen) atoms. The lowest BCUT2D eigenvalue weighted by atomic mass is 10.0. The molecule has 0 spiro atoms. The van der Waals surface area contributed by atoms with Crippen LogP contribution in [0.3, 0.4) is 0 Å². The van der Waals surface area contributed by atoms with E-state index in [2.05, 4.69) is 71.9 Å². The number of carbonyl (C=O) groups excluding carboxylic acids is 1. The summed E-state index contributed by atoms with van der Waals surface area (Å²) in [4.78, 5) is 19.2. The summed E-state index contributed by atoms with van der Waals surface area (Å²) in [6.07, 6.45) is 6.58. The van der Waals surface area contributed by atoms with Crippen LogP contribution in [-0.2, 0) is 24.3 Å². The third-order valence-corrected chi connectivity index (χ3v) is 5.89. The number of imidazole rings is 1. The van der Waals surface area contributed by atoms with Crippen molar-refractivity contribution in [2.24, 2.45) is 5.92 Å². The molecule has 1 aromatic heterocycles. The lowest BCUT2D eigenvalue weighted by Crippen LogP contribution is -2.27. The number of hydrogen-bond acceptors (Lipinski definition) is 2. The van der Waals surface area contributed by atoms with Gasteiger partial charge in [0.1, 0.15) is 0 Å². The van der Waals surface area contributed by atoms with E-state index in [1.807, 2.05) is 17.4 Å². The molecule has 1 atom stereocenters. The van der Waals surface area contributed by atoms with Crippen LogP contribution in [0.5, 0.6) is 0 Å². The fourth-order valence-electron chi connectivity index (χ4n) is 4.17. The monoisotopic (exact) mass is 387 g/mol. The van der Waals surface area contributed by atoms with E-state index in [-0.39, 0.29) is 5.92 Å². The maximum atomic E-state index is 12.9. The van der Waals surface area contributed by atoms with E-state index in [1.165, 1.54) is 27.9 Å². The summed E-state index contributed by atoms with van der Waals surface area (Å²) in [5, 5.41) is 0. The van der Waals surface area contributed by atoms with E-state index in [1.54, 1.807) is 0 Å². The molecule has 1 saturated heterocycles. The van der Waals surface area contributed by atoms with Gasteiger partial charge in [0.05, 0.1) is 6.33 Å². The van der Waals surface area contributed by atoms with E-state index in [0.717, 1.165) is 38.9 Å². The van der Waals surface area contributed by atoms with Crippen LogP contribution in [-0.4, -0.2) is 26.9 Å². The van der Waals surface area contributed by atoms with Gasteiger partial charge in [-0.05, 0) is 44.2 Å². The largest absolute Gasteiger partial charge is 0.338 e. The third kappa shape index (κ3) is 4.76. The molecule has 1 aliphatic rings. The summed E-state index contributed by atoms with van der Waals surface area (Å²) in [7, 11) is 0. The molecule has 150 valence electrons. The minimum absolute atomic E-state index is 0.127. The molecule has 0 unspecified atom stereocenters. The molecule has 2 heterocycles. The first-order valence-electron chi connectivity index (χ1n) is 10.5. The van der Waals surface area contributed by atoms with E-state index in [4.69, 9.17) is 0 Å². The summed E-state index contributed by atoms with van der Waals surface area (Å²) >= 11 is 0. The van der Waals surface area contributed by atoms with Crippen LogP contribution in [0.4, 0.5) is 0 Å². The van der Waals surface area contributed by atoms with Crippen molar-refractivity contribution < 1.29 is 4.79 Å². The highest BCUT2D eigenvalue weighted by atomic mass is 16.2. The van der Waals surface area contributed by atoms with Crippen molar-refractivity contribution in [2.75, 3.05) is 6.54 Å². The molecule has 3 aromatic rings. The fourth-order valence-corrected chi connectivity index (χ4v) is 4.17. The average Bonchev–Trinajstić information content (AvgIpc) is 3.29. The van der Waals surface area contributed by atoms with E-state index in [0.29, 0.717) is 5.91 Å². The number of aromatic nitrogens is 2. The van der Waals surface area contributed by atoms with Crippen LogP contribution in [0, 0.1) is 19.8 Å². The maximum Gasteiger partial charge on any atom is 0.226 e. The minimum atomic E-state index is 0.127. The van der Waals surface area contributed by atoms with E-state index < -0.39 is 0 Å². The van der Waals surface area contributed by atoms with Crippen LogP contribution in [0.1, 0.15) is 40.8 Å². The van der Waals surface area contributed by atoms with Gasteiger partial charge in [-0.1, -0.05) is 59.7 Å². The Balaban J connectivity index is 1.33. The number of benzene rings is 2. The molecule has 1 aliphatic heterocycles. The molecule has 4 heteroatoms. The van der Waals surface area contributed by atoms with Crippen molar-refractivity contribution in [1.82, 2.24) is 14.5 Å². The number of likely N-dealkylation sites (tertiary alicyclic amines) is 1. The Labute approximate surface area is 173 Å². The van der Waals surface area contributed by atoms with Gasteiger partial charge in [0.15, 0.2) is 0 Å². The van der Waals surface area contributed by atoms with Crippen molar-refractivity contribution in [3.63, 3.8) is 0 Å². The number of carbonyl (C=O) groups is 1. The Morgan fingerprint density at radius 1 is 1.00 bits per heavy atom. The van der Waals surface area contributed by atoms with Gasteiger partial charge >= 0.3 is 0 Å². The topological polar surface area (TPSA) is 38.1 Å². The molecule has 0 aliphatic carbocycles. The standard InChI is InChI=1S/C25H29N3O/c1-19-6-8-21(9-7-19)16-28-18-26-15-24(28)11-10-23-12-13-27(25(23)29)17-22-5-3-4-20(2)14-22/h3-9,14-15,18,23H,10-13,16-17H2,1-2H3/t23-/m1/s1. The first-order valence-corrected chi connectivity index (χ1v) is 10.5. The summed E-state index contributed by atoms with van der Waals surface area (Å²) in [5.74, 6) is 0.429. The van der Waals surface area contributed by atoms with Crippen LogP contribution < -0.4 is 0 Å². The van der Waals surface area contributed by atoms with Gasteiger partial charge in [0, 0.05) is 37.4 Å². The molecule has 0 radical (unpaired) electrons. The Morgan fingerprint density at radius 2 is 1.83 bits per heavy atom. The average molecular weight is 388 g/mol. The molecule has 4 nitrogen and oxygen atoms in total. The van der Waals surface area contributed by atoms with Gasteiger partial charge in [-0.3, -0.25) is 4.79 Å². The fraction of sp³-hybridized carbons (Fsp3) is 0.360.